The smallest absolute Gasteiger partial charge is 0.244 e. The van der Waals surface area contributed by atoms with Gasteiger partial charge in [-0.1, -0.05) is 42.3 Å². The molecule has 8 heteroatoms. The molecule has 1 N–H and O–H groups in total. The Morgan fingerprint density at radius 3 is 2.46 bits per heavy atom. The van der Waals surface area contributed by atoms with Crippen molar-refractivity contribution in [3.05, 3.63) is 59.1 Å². The molecule has 0 bridgehead atoms. The maximum Gasteiger partial charge on any atom is 0.244 e. The first-order valence-corrected chi connectivity index (χ1v) is 11.2. The molecule has 0 aliphatic heterocycles. The van der Waals surface area contributed by atoms with Crippen LogP contribution in [-0.2, 0) is 14.8 Å². The number of nitrogens with zero attached hydrogens (tertiary/aromatic N) is 1. The predicted molar refractivity (Wildman–Crippen MR) is 113 cm³/mol. The highest BCUT2D eigenvalue weighted by molar-refractivity contribution is 7.92. The molecular weight excluding hydrogens is 400 g/mol. The summed E-state index contributed by atoms with van der Waals surface area (Å²) in [5.41, 5.74) is 1.49. The number of hydrogen-bond acceptors (Lipinski definition) is 4. The second kappa shape index (κ2) is 9.80. The van der Waals surface area contributed by atoms with Gasteiger partial charge in [0.05, 0.1) is 18.5 Å². The zero-order valence-corrected chi connectivity index (χ0v) is 17.8. The molecule has 0 saturated carbocycles. The molecule has 0 spiro atoms. The van der Waals surface area contributed by atoms with Crippen molar-refractivity contribution in [1.29, 1.82) is 0 Å². The van der Waals surface area contributed by atoms with E-state index in [1.807, 2.05) is 31.2 Å². The molecule has 0 fully saturated rings. The molecule has 0 aliphatic rings. The van der Waals surface area contributed by atoms with E-state index in [2.05, 4.69) is 5.32 Å². The van der Waals surface area contributed by atoms with Gasteiger partial charge in [0.2, 0.25) is 15.9 Å². The van der Waals surface area contributed by atoms with E-state index >= 15 is 0 Å². The summed E-state index contributed by atoms with van der Waals surface area (Å²) in [5.74, 6) is 0.323. The molecule has 2 aromatic carbocycles. The van der Waals surface area contributed by atoms with Gasteiger partial charge < -0.3 is 10.1 Å². The van der Waals surface area contributed by atoms with E-state index in [9.17, 15) is 13.2 Å². The molecule has 0 heterocycles. The molecule has 152 valence electrons. The van der Waals surface area contributed by atoms with Crippen LogP contribution < -0.4 is 14.4 Å². The van der Waals surface area contributed by atoms with E-state index in [0.29, 0.717) is 22.9 Å². The average molecular weight is 425 g/mol. The van der Waals surface area contributed by atoms with Crippen molar-refractivity contribution in [2.75, 3.05) is 23.7 Å². The molecule has 1 unspecified atom stereocenters. The Morgan fingerprint density at radius 1 is 1.21 bits per heavy atom. The number of anilines is 1. The molecule has 0 radical (unpaired) electrons. The molecular formula is C20H25ClN2O4S. The van der Waals surface area contributed by atoms with Gasteiger partial charge in [0.1, 0.15) is 18.4 Å². The van der Waals surface area contributed by atoms with Crippen LogP contribution >= 0.6 is 11.6 Å². The molecule has 0 aromatic heterocycles. The zero-order valence-electron chi connectivity index (χ0n) is 16.2. The number of amides is 1. The standard InChI is InChI=1S/C20H25ClN2O4S/c1-4-19(23(28(3,25)26)17-7-5-6-16(21)14-17)20(24)22-12-13-27-18-10-8-15(2)9-11-18/h5-11,14,19H,4,12-13H2,1-3H3,(H,22,24). The van der Waals surface area contributed by atoms with Crippen LogP contribution in [0.25, 0.3) is 0 Å². The summed E-state index contributed by atoms with van der Waals surface area (Å²) in [6.07, 6.45) is 1.38. The lowest BCUT2D eigenvalue weighted by molar-refractivity contribution is -0.122. The topological polar surface area (TPSA) is 75.7 Å². The van der Waals surface area contributed by atoms with Crippen LogP contribution in [0.5, 0.6) is 5.75 Å². The molecule has 2 aromatic rings. The van der Waals surface area contributed by atoms with Gasteiger partial charge in [-0.05, 0) is 43.7 Å². The van der Waals surface area contributed by atoms with Gasteiger partial charge in [-0.2, -0.15) is 0 Å². The van der Waals surface area contributed by atoms with E-state index in [1.54, 1.807) is 25.1 Å². The normalized spacial score (nSPS) is 12.3. The number of carbonyl (C=O) groups excluding carboxylic acids is 1. The maximum absolute atomic E-state index is 12.7. The van der Waals surface area contributed by atoms with Crippen molar-refractivity contribution in [2.24, 2.45) is 0 Å². The highest BCUT2D eigenvalue weighted by Gasteiger charge is 2.31. The van der Waals surface area contributed by atoms with Gasteiger partial charge in [0.15, 0.2) is 0 Å². The van der Waals surface area contributed by atoms with Crippen molar-refractivity contribution in [3.63, 3.8) is 0 Å². The summed E-state index contributed by atoms with van der Waals surface area (Å²) < 4.78 is 31.4. The van der Waals surface area contributed by atoms with Gasteiger partial charge in [0.25, 0.3) is 0 Å². The fourth-order valence-corrected chi connectivity index (χ4v) is 4.16. The summed E-state index contributed by atoms with van der Waals surface area (Å²) >= 11 is 6.00. The molecule has 0 aliphatic carbocycles. The third-order valence-electron chi connectivity index (χ3n) is 4.08. The second-order valence-corrected chi connectivity index (χ2v) is 8.71. The highest BCUT2D eigenvalue weighted by Crippen LogP contribution is 2.25. The Kier molecular flexibility index (Phi) is 7.71. The second-order valence-electron chi connectivity index (χ2n) is 6.42. The predicted octanol–water partition coefficient (Wildman–Crippen LogP) is 3.39. The average Bonchev–Trinajstić information content (AvgIpc) is 2.63. The number of nitrogens with one attached hydrogen (secondary N) is 1. The summed E-state index contributed by atoms with van der Waals surface area (Å²) in [7, 11) is -3.69. The Labute approximate surface area is 171 Å². The number of ether oxygens (including phenoxy) is 1. The van der Waals surface area contributed by atoms with Crippen molar-refractivity contribution in [3.8, 4) is 5.75 Å². The summed E-state index contributed by atoms with van der Waals surface area (Å²) in [4.78, 5) is 12.7. The summed E-state index contributed by atoms with van der Waals surface area (Å²) in [6.45, 7) is 4.29. The van der Waals surface area contributed by atoms with Crippen LogP contribution in [0.4, 0.5) is 5.69 Å². The Balaban J connectivity index is 2.04. The fourth-order valence-electron chi connectivity index (χ4n) is 2.77. The third kappa shape index (κ3) is 6.14. The molecule has 2 rings (SSSR count). The van der Waals surface area contributed by atoms with Crippen LogP contribution in [0.15, 0.2) is 48.5 Å². The lowest BCUT2D eigenvalue weighted by Gasteiger charge is -2.30. The summed E-state index contributed by atoms with van der Waals surface area (Å²) in [6, 6.07) is 13.2. The number of halogens is 1. The number of carbonyl (C=O) groups is 1. The first-order valence-electron chi connectivity index (χ1n) is 8.94. The minimum atomic E-state index is -3.69. The number of benzene rings is 2. The minimum absolute atomic E-state index is 0.260. The largest absolute Gasteiger partial charge is 0.492 e. The van der Waals surface area contributed by atoms with E-state index in [1.165, 1.54) is 6.07 Å². The van der Waals surface area contributed by atoms with Crippen LogP contribution in [-0.4, -0.2) is 39.8 Å². The van der Waals surface area contributed by atoms with E-state index in [4.69, 9.17) is 16.3 Å². The van der Waals surface area contributed by atoms with Gasteiger partial charge >= 0.3 is 0 Å². The molecule has 28 heavy (non-hydrogen) atoms. The number of sulfonamides is 1. The number of hydrogen-bond donors (Lipinski definition) is 1. The van der Waals surface area contributed by atoms with Gasteiger partial charge in [-0.25, -0.2) is 8.42 Å². The Hall–Kier alpha value is -2.25. The fraction of sp³-hybridized carbons (Fsp3) is 0.350. The van der Waals surface area contributed by atoms with Crippen molar-refractivity contribution in [1.82, 2.24) is 5.32 Å². The molecule has 1 amide bonds. The zero-order chi connectivity index (χ0) is 20.7. The third-order valence-corrected chi connectivity index (χ3v) is 5.50. The molecule has 0 saturated heterocycles. The lowest BCUT2D eigenvalue weighted by atomic mass is 10.2. The monoisotopic (exact) mass is 424 g/mol. The first-order chi connectivity index (χ1) is 13.2. The van der Waals surface area contributed by atoms with Crippen LogP contribution in [0.1, 0.15) is 18.9 Å². The Morgan fingerprint density at radius 2 is 1.89 bits per heavy atom. The van der Waals surface area contributed by atoms with Gasteiger partial charge in [-0.3, -0.25) is 9.10 Å². The highest BCUT2D eigenvalue weighted by atomic mass is 35.5. The van der Waals surface area contributed by atoms with Crippen LogP contribution in [0.3, 0.4) is 0 Å². The van der Waals surface area contributed by atoms with Crippen molar-refractivity contribution in [2.45, 2.75) is 26.3 Å². The summed E-state index contributed by atoms with van der Waals surface area (Å²) in [5, 5.41) is 3.15. The minimum Gasteiger partial charge on any atom is -0.492 e. The number of rotatable bonds is 9. The maximum atomic E-state index is 12.7. The lowest BCUT2D eigenvalue weighted by Crippen LogP contribution is -2.50. The van der Waals surface area contributed by atoms with Crippen LogP contribution in [0.2, 0.25) is 5.02 Å². The molecule has 1 atom stereocenters. The van der Waals surface area contributed by atoms with Crippen LogP contribution in [0, 0.1) is 6.92 Å². The quantitative estimate of drug-likeness (QED) is 0.626. The van der Waals surface area contributed by atoms with Gasteiger partial charge in [0, 0.05) is 5.02 Å². The SMILES string of the molecule is CCC(C(=O)NCCOc1ccc(C)cc1)N(c1cccc(Cl)c1)S(C)(=O)=O. The van der Waals surface area contributed by atoms with E-state index in [-0.39, 0.29) is 19.1 Å². The van der Waals surface area contributed by atoms with Gasteiger partial charge in [-0.15, -0.1) is 0 Å². The van der Waals surface area contributed by atoms with Crippen molar-refractivity contribution < 1.29 is 17.9 Å². The van der Waals surface area contributed by atoms with E-state index < -0.39 is 16.1 Å². The number of aryl methyl sites for hydroxylation is 1. The first kappa shape index (κ1) is 22.0. The van der Waals surface area contributed by atoms with Crippen molar-refractivity contribution >= 4 is 33.2 Å². The molecule has 6 nitrogen and oxygen atoms in total. The Bertz CT molecular complexity index is 901. The van der Waals surface area contributed by atoms with E-state index in [0.717, 1.165) is 16.1 Å².